The van der Waals surface area contributed by atoms with Crippen LogP contribution in [0.2, 0.25) is 0 Å². The van der Waals surface area contributed by atoms with Crippen LogP contribution in [0.5, 0.6) is 0 Å². The van der Waals surface area contributed by atoms with Crippen molar-refractivity contribution < 1.29 is 13.2 Å². The summed E-state index contributed by atoms with van der Waals surface area (Å²) in [5.74, 6) is 0. The quantitative estimate of drug-likeness (QED) is 0.931. The van der Waals surface area contributed by atoms with Gasteiger partial charge in [-0.2, -0.15) is 13.2 Å². The number of alkyl halides is 3. The zero-order valence-corrected chi connectivity index (χ0v) is 12.5. The molecule has 1 aliphatic heterocycles. The fourth-order valence-corrected chi connectivity index (χ4v) is 2.81. The lowest BCUT2D eigenvalue weighted by Crippen LogP contribution is -2.45. The van der Waals surface area contributed by atoms with Gasteiger partial charge in [-0.25, -0.2) is 0 Å². The second kappa shape index (κ2) is 6.23. The minimum absolute atomic E-state index is 0.115. The normalized spacial score (nSPS) is 20.1. The fraction of sp³-hybridized carbons (Fsp3) is 0.600. The SMILES string of the molecule is CN(C)C1CCCN(c2ccc(CN)cc2C(F)(F)F)C1. The van der Waals surface area contributed by atoms with Gasteiger partial charge < -0.3 is 15.5 Å². The molecule has 1 aromatic carbocycles. The number of halogens is 3. The third kappa shape index (κ3) is 3.68. The van der Waals surface area contributed by atoms with Gasteiger partial charge in [0, 0.05) is 31.4 Å². The molecule has 0 amide bonds. The van der Waals surface area contributed by atoms with Crippen LogP contribution in [-0.4, -0.2) is 38.1 Å². The third-order valence-corrected chi connectivity index (χ3v) is 4.07. The van der Waals surface area contributed by atoms with Crippen molar-refractivity contribution in [1.82, 2.24) is 4.90 Å². The van der Waals surface area contributed by atoms with Gasteiger partial charge >= 0.3 is 6.18 Å². The Morgan fingerprint density at radius 2 is 2.05 bits per heavy atom. The van der Waals surface area contributed by atoms with Gasteiger partial charge in [0.25, 0.3) is 0 Å². The molecule has 0 aliphatic carbocycles. The lowest BCUT2D eigenvalue weighted by molar-refractivity contribution is -0.137. The van der Waals surface area contributed by atoms with E-state index in [1.54, 1.807) is 12.1 Å². The maximum Gasteiger partial charge on any atom is 0.418 e. The average molecular weight is 301 g/mol. The molecule has 3 nitrogen and oxygen atoms in total. The van der Waals surface area contributed by atoms with Crippen molar-refractivity contribution in [2.24, 2.45) is 5.73 Å². The number of hydrogen-bond acceptors (Lipinski definition) is 3. The summed E-state index contributed by atoms with van der Waals surface area (Å²) in [6.45, 7) is 1.40. The average Bonchev–Trinajstić information content (AvgIpc) is 2.45. The monoisotopic (exact) mass is 301 g/mol. The number of hydrogen-bond donors (Lipinski definition) is 1. The molecular formula is C15H22F3N3. The zero-order chi connectivity index (χ0) is 15.6. The van der Waals surface area contributed by atoms with Crippen molar-refractivity contribution >= 4 is 5.69 Å². The summed E-state index contributed by atoms with van der Waals surface area (Å²) in [6.07, 6.45) is -2.43. The van der Waals surface area contributed by atoms with E-state index in [0.29, 0.717) is 18.7 Å². The topological polar surface area (TPSA) is 32.5 Å². The van der Waals surface area contributed by atoms with Crippen molar-refractivity contribution in [2.45, 2.75) is 31.6 Å². The molecule has 1 fully saturated rings. The van der Waals surface area contributed by atoms with Crippen LogP contribution in [0.1, 0.15) is 24.0 Å². The Kier molecular flexibility index (Phi) is 4.78. The number of nitrogens with two attached hydrogens (primary N) is 1. The van der Waals surface area contributed by atoms with E-state index in [1.165, 1.54) is 6.07 Å². The summed E-state index contributed by atoms with van der Waals surface area (Å²) >= 11 is 0. The van der Waals surface area contributed by atoms with Crippen molar-refractivity contribution in [3.05, 3.63) is 29.3 Å². The second-order valence-corrected chi connectivity index (χ2v) is 5.76. The Balaban J connectivity index is 2.34. The van der Waals surface area contributed by atoms with E-state index >= 15 is 0 Å². The molecule has 0 bridgehead atoms. The smallest absolute Gasteiger partial charge is 0.369 e. The Hall–Kier alpha value is -1.27. The number of piperidine rings is 1. The summed E-state index contributed by atoms with van der Waals surface area (Å²) in [6, 6.07) is 4.70. The summed E-state index contributed by atoms with van der Waals surface area (Å²) < 4.78 is 39.9. The molecule has 0 radical (unpaired) electrons. The first-order valence-corrected chi connectivity index (χ1v) is 7.14. The lowest BCUT2D eigenvalue weighted by Gasteiger charge is -2.38. The Morgan fingerprint density at radius 3 is 2.62 bits per heavy atom. The van der Waals surface area contributed by atoms with Gasteiger partial charge in [0.05, 0.1) is 5.56 Å². The zero-order valence-electron chi connectivity index (χ0n) is 12.5. The third-order valence-electron chi connectivity index (χ3n) is 4.07. The molecule has 1 aromatic rings. The van der Waals surface area contributed by atoms with E-state index in [-0.39, 0.29) is 18.3 Å². The maximum atomic E-state index is 13.3. The van der Waals surface area contributed by atoms with Crippen molar-refractivity contribution in [3.63, 3.8) is 0 Å². The summed E-state index contributed by atoms with van der Waals surface area (Å²) in [5.41, 5.74) is 5.66. The Labute approximate surface area is 123 Å². The summed E-state index contributed by atoms with van der Waals surface area (Å²) in [4.78, 5) is 3.92. The van der Waals surface area contributed by atoms with Gasteiger partial charge in [0.2, 0.25) is 0 Å². The van der Waals surface area contributed by atoms with Gasteiger partial charge in [-0.1, -0.05) is 6.07 Å². The number of anilines is 1. The predicted octanol–water partition coefficient (Wildman–Crippen LogP) is 2.69. The Morgan fingerprint density at radius 1 is 1.33 bits per heavy atom. The fourth-order valence-electron chi connectivity index (χ4n) is 2.81. The number of nitrogens with zero attached hydrogens (tertiary/aromatic N) is 2. The highest BCUT2D eigenvalue weighted by Gasteiger charge is 2.36. The number of benzene rings is 1. The van der Waals surface area contributed by atoms with E-state index in [1.807, 2.05) is 19.0 Å². The molecule has 0 saturated carbocycles. The van der Waals surface area contributed by atoms with Gasteiger partial charge in [-0.3, -0.25) is 0 Å². The van der Waals surface area contributed by atoms with Gasteiger partial charge in [-0.15, -0.1) is 0 Å². The van der Waals surface area contributed by atoms with Crippen LogP contribution in [0, 0.1) is 0 Å². The van der Waals surface area contributed by atoms with Crippen molar-refractivity contribution in [3.8, 4) is 0 Å². The molecule has 0 spiro atoms. The van der Waals surface area contributed by atoms with Crippen LogP contribution >= 0.6 is 0 Å². The molecule has 2 rings (SSSR count). The molecule has 6 heteroatoms. The first kappa shape index (κ1) is 16.1. The summed E-state index contributed by atoms with van der Waals surface area (Å²) in [7, 11) is 3.94. The number of likely N-dealkylation sites (N-methyl/N-ethyl adjacent to an activating group) is 1. The summed E-state index contributed by atoms with van der Waals surface area (Å²) in [5, 5.41) is 0. The molecule has 21 heavy (non-hydrogen) atoms. The minimum atomic E-state index is -4.36. The second-order valence-electron chi connectivity index (χ2n) is 5.76. The molecule has 1 aliphatic rings. The highest BCUT2D eigenvalue weighted by Crippen LogP contribution is 2.38. The van der Waals surface area contributed by atoms with Gasteiger partial charge in [0.1, 0.15) is 0 Å². The van der Waals surface area contributed by atoms with Crippen LogP contribution < -0.4 is 10.6 Å². The Bertz CT molecular complexity index is 486. The van der Waals surface area contributed by atoms with E-state index in [0.717, 1.165) is 12.8 Å². The van der Waals surface area contributed by atoms with Crippen LogP contribution in [-0.2, 0) is 12.7 Å². The number of rotatable bonds is 3. The van der Waals surface area contributed by atoms with Crippen LogP contribution in [0.4, 0.5) is 18.9 Å². The maximum absolute atomic E-state index is 13.3. The van der Waals surface area contributed by atoms with E-state index in [2.05, 4.69) is 4.90 Å². The molecule has 1 saturated heterocycles. The van der Waals surface area contributed by atoms with E-state index < -0.39 is 11.7 Å². The van der Waals surface area contributed by atoms with Crippen LogP contribution in [0.3, 0.4) is 0 Å². The van der Waals surface area contributed by atoms with Crippen LogP contribution in [0.15, 0.2) is 18.2 Å². The highest BCUT2D eigenvalue weighted by atomic mass is 19.4. The molecule has 0 aromatic heterocycles. The predicted molar refractivity (Wildman–Crippen MR) is 78.3 cm³/mol. The lowest BCUT2D eigenvalue weighted by atomic mass is 10.0. The van der Waals surface area contributed by atoms with Gasteiger partial charge in [-0.05, 0) is 44.6 Å². The molecule has 1 atom stereocenters. The molecule has 118 valence electrons. The van der Waals surface area contributed by atoms with E-state index in [4.69, 9.17) is 5.73 Å². The first-order valence-electron chi connectivity index (χ1n) is 7.14. The van der Waals surface area contributed by atoms with Crippen molar-refractivity contribution in [2.75, 3.05) is 32.1 Å². The van der Waals surface area contributed by atoms with Gasteiger partial charge in [0.15, 0.2) is 0 Å². The molecular weight excluding hydrogens is 279 g/mol. The molecule has 1 unspecified atom stereocenters. The first-order chi connectivity index (χ1) is 9.82. The van der Waals surface area contributed by atoms with E-state index in [9.17, 15) is 13.2 Å². The van der Waals surface area contributed by atoms with Crippen LogP contribution in [0.25, 0.3) is 0 Å². The largest absolute Gasteiger partial charge is 0.418 e. The minimum Gasteiger partial charge on any atom is -0.369 e. The molecule has 1 heterocycles. The highest BCUT2D eigenvalue weighted by molar-refractivity contribution is 5.57. The van der Waals surface area contributed by atoms with Crippen molar-refractivity contribution in [1.29, 1.82) is 0 Å². The standard InChI is InChI=1S/C15H22F3N3/c1-20(2)12-4-3-7-21(10-12)14-6-5-11(9-19)8-13(14)15(16,17)18/h5-6,8,12H,3-4,7,9-10,19H2,1-2H3. The molecule has 2 N–H and O–H groups in total.